The summed E-state index contributed by atoms with van der Waals surface area (Å²) in [5.74, 6) is -0.547. The molecule has 1 aromatic heterocycles. The van der Waals surface area contributed by atoms with Crippen molar-refractivity contribution in [1.82, 2.24) is 15.3 Å². The summed E-state index contributed by atoms with van der Waals surface area (Å²) in [7, 11) is 1.56. The molecule has 0 unspecified atom stereocenters. The van der Waals surface area contributed by atoms with Gasteiger partial charge < -0.3 is 20.1 Å². The number of hydrogen-bond acceptors (Lipinski definition) is 7. The Labute approximate surface area is 151 Å². The second kappa shape index (κ2) is 9.47. The summed E-state index contributed by atoms with van der Waals surface area (Å²) in [6.45, 7) is 4.57. The molecule has 2 N–H and O–H groups in total. The van der Waals surface area contributed by atoms with Crippen LogP contribution in [-0.4, -0.2) is 48.7 Å². The van der Waals surface area contributed by atoms with E-state index in [1.807, 2.05) is 0 Å². The Morgan fingerprint density at radius 3 is 2.69 bits per heavy atom. The Morgan fingerprint density at radius 1 is 1.19 bits per heavy atom. The van der Waals surface area contributed by atoms with Gasteiger partial charge in [0.05, 0.1) is 24.5 Å². The molecule has 1 amide bonds. The number of hydrogen-bond donors (Lipinski definition) is 2. The summed E-state index contributed by atoms with van der Waals surface area (Å²) in [5, 5.41) is 5.70. The Bertz CT molecular complexity index is 780. The Balaban J connectivity index is 2.23. The summed E-state index contributed by atoms with van der Waals surface area (Å²) in [5.41, 5.74) is 1.71. The van der Waals surface area contributed by atoms with Gasteiger partial charge in [-0.25, -0.2) is 14.8 Å². The van der Waals surface area contributed by atoms with Crippen LogP contribution < -0.4 is 10.6 Å². The van der Waals surface area contributed by atoms with Crippen molar-refractivity contribution in [2.45, 2.75) is 13.8 Å². The highest BCUT2D eigenvalue weighted by molar-refractivity contribution is 5.96. The maximum atomic E-state index is 12.2. The lowest BCUT2D eigenvalue weighted by molar-refractivity contribution is 0.0527. The van der Waals surface area contributed by atoms with Crippen LogP contribution in [0.1, 0.15) is 33.5 Å². The minimum absolute atomic E-state index is 0.221. The lowest BCUT2D eigenvalue weighted by Crippen LogP contribution is -2.28. The number of nitrogens with zero attached hydrogens (tertiary/aromatic N) is 2. The SMILES string of the molecule is CCOC(=O)c1ccccc1Nc1nc(C)cc(C(=O)NCCOC)n1. The van der Waals surface area contributed by atoms with Gasteiger partial charge in [-0.3, -0.25) is 4.79 Å². The molecule has 0 aliphatic rings. The summed E-state index contributed by atoms with van der Waals surface area (Å²) >= 11 is 0. The van der Waals surface area contributed by atoms with E-state index in [0.717, 1.165) is 0 Å². The first-order valence-electron chi connectivity index (χ1n) is 8.21. The Hall–Kier alpha value is -3.00. The molecule has 2 rings (SSSR count). The monoisotopic (exact) mass is 358 g/mol. The molecule has 0 spiro atoms. The van der Waals surface area contributed by atoms with Crippen molar-refractivity contribution < 1.29 is 19.1 Å². The molecule has 0 radical (unpaired) electrons. The maximum absolute atomic E-state index is 12.2. The Kier molecular flexibility index (Phi) is 7.04. The standard InChI is InChI=1S/C18H22N4O4/c1-4-26-17(24)13-7-5-6-8-14(13)21-18-20-12(2)11-15(22-18)16(23)19-9-10-25-3/h5-8,11H,4,9-10H2,1-3H3,(H,19,23)(H,20,21,22). The highest BCUT2D eigenvalue weighted by atomic mass is 16.5. The first-order valence-corrected chi connectivity index (χ1v) is 8.21. The number of amides is 1. The average molecular weight is 358 g/mol. The first kappa shape index (κ1) is 19.3. The lowest BCUT2D eigenvalue weighted by Gasteiger charge is -2.11. The van der Waals surface area contributed by atoms with Crippen molar-refractivity contribution in [2.24, 2.45) is 0 Å². The van der Waals surface area contributed by atoms with Gasteiger partial charge in [0.2, 0.25) is 5.95 Å². The van der Waals surface area contributed by atoms with Gasteiger partial charge in [-0.15, -0.1) is 0 Å². The molecule has 1 heterocycles. The fourth-order valence-electron chi connectivity index (χ4n) is 2.20. The molecule has 8 heteroatoms. The van der Waals surface area contributed by atoms with E-state index in [4.69, 9.17) is 9.47 Å². The molecule has 8 nitrogen and oxygen atoms in total. The van der Waals surface area contributed by atoms with Crippen LogP contribution in [-0.2, 0) is 9.47 Å². The summed E-state index contributed by atoms with van der Waals surface area (Å²) in [6.07, 6.45) is 0. The topological polar surface area (TPSA) is 102 Å². The van der Waals surface area contributed by atoms with Crippen LogP contribution in [0.3, 0.4) is 0 Å². The van der Waals surface area contributed by atoms with E-state index < -0.39 is 5.97 Å². The smallest absolute Gasteiger partial charge is 0.340 e. The zero-order valence-electron chi connectivity index (χ0n) is 15.0. The van der Waals surface area contributed by atoms with Crippen LogP contribution >= 0.6 is 0 Å². The molecule has 0 saturated carbocycles. The van der Waals surface area contributed by atoms with Crippen LogP contribution in [0.25, 0.3) is 0 Å². The fraction of sp³-hybridized carbons (Fsp3) is 0.333. The van der Waals surface area contributed by atoms with E-state index in [0.29, 0.717) is 30.1 Å². The third-order valence-electron chi connectivity index (χ3n) is 3.35. The van der Waals surface area contributed by atoms with Crippen molar-refractivity contribution in [3.05, 3.63) is 47.3 Å². The quantitative estimate of drug-likeness (QED) is 0.550. The van der Waals surface area contributed by atoms with Crippen LogP contribution in [0.2, 0.25) is 0 Å². The molecule has 0 saturated heterocycles. The van der Waals surface area contributed by atoms with E-state index >= 15 is 0 Å². The van der Waals surface area contributed by atoms with E-state index in [1.165, 1.54) is 0 Å². The predicted molar refractivity (Wildman–Crippen MR) is 96.7 cm³/mol. The number of rotatable bonds is 8. The van der Waals surface area contributed by atoms with Crippen LogP contribution in [0.4, 0.5) is 11.6 Å². The number of aryl methyl sites for hydroxylation is 1. The number of carbonyl (C=O) groups is 2. The molecule has 0 bridgehead atoms. The zero-order valence-corrected chi connectivity index (χ0v) is 15.0. The number of carbonyl (C=O) groups excluding carboxylic acids is 2. The molecule has 1 aromatic carbocycles. The third-order valence-corrected chi connectivity index (χ3v) is 3.35. The van der Waals surface area contributed by atoms with E-state index in [-0.39, 0.29) is 24.2 Å². The maximum Gasteiger partial charge on any atom is 0.340 e. The van der Waals surface area contributed by atoms with Gasteiger partial charge in [-0.2, -0.15) is 0 Å². The van der Waals surface area contributed by atoms with E-state index in [2.05, 4.69) is 20.6 Å². The molecule has 0 fully saturated rings. The van der Waals surface area contributed by atoms with Gasteiger partial charge in [0, 0.05) is 19.3 Å². The second-order valence-electron chi connectivity index (χ2n) is 5.36. The van der Waals surface area contributed by atoms with Crippen LogP contribution in [0, 0.1) is 6.92 Å². The number of methoxy groups -OCH3 is 1. The largest absolute Gasteiger partial charge is 0.462 e. The molecule has 2 aromatic rings. The zero-order chi connectivity index (χ0) is 18.9. The van der Waals surface area contributed by atoms with Crippen molar-refractivity contribution >= 4 is 23.5 Å². The number of para-hydroxylation sites is 1. The number of ether oxygens (including phenoxy) is 2. The first-order chi connectivity index (χ1) is 12.5. The number of esters is 1. The fourth-order valence-corrected chi connectivity index (χ4v) is 2.20. The highest BCUT2D eigenvalue weighted by Crippen LogP contribution is 2.20. The van der Waals surface area contributed by atoms with Crippen molar-refractivity contribution in [3.63, 3.8) is 0 Å². The minimum Gasteiger partial charge on any atom is -0.462 e. The van der Waals surface area contributed by atoms with E-state index in [9.17, 15) is 9.59 Å². The molecule has 0 aliphatic carbocycles. The molecule has 138 valence electrons. The van der Waals surface area contributed by atoms with Gasteiger partial charge in [0.1, 0.15) is 5.69 Å². The summed E-state index contributed by atoms with van der Waals surface area (Å²) < 4.78 is 9.96. The van der Waals surface area contributed by atoms with Gasteiger partial charge in [0.15, 0.2) is 0 Å². The second-order valence-corrected chi connectivity index (χ2v) is 5.36. The van der Waals surface area contributed by atoms with Crippen LogP contribution in [0.5, 0.6) is 0 Å². The summed E-state index contributed by atoms with van der Waals surface area (Å²) in [6, 6.07) is 8.47. The Morgan fingerprint density at radius 2 is 1.96 bits per heavy atom. The average Bonchev–Trinajstić information content (AvgIpc) is 2.62. The minimum atomic E-state index is -0.444. The van der Waals surface area contributed by atoms with Crippen molar-refractivity contribution in [2.75, 3.05) is 32.2 Å². The third kappa shape index (κ3) is 5.25. The van der Waals surface area contributed by atoms with Gasteiger partial charge in [-0.05, 0) is 32.0 Å². The van der Waals surface area contributed by atoms with E-state index in [1.54, 1.807) is 51.3 Å². The van der Waals surface area contributed by atoms with Gasteiger partial charge in [0.25, 0.3) is 5.91 Å². The van der Waals surface area contributed by atoms with Crippen molar-refractivity contribution in [1.29, 1.82) is 0 Å². The number of benzene rings is 1. The molecule has 0 aliphatic heterocycles. The van der Waals surface area contributed by atoms with Crippen molar-refractivity contribution in [3.8, 4) is 0 Å². The number of aromatic nitrogens is 2. The molecule has 0 atom stereocenters. The van der Waals surface area contributed by atoms with Gasteiger partial charge in [-0.1, -0.05) is 12.1 Å². The number of anilines is 2. The van der Waals surface area contributed by atoms with Gasteiger partial charge >= 0.3 is 5.97 Å². The predicted octanol–water partition coefficient (Wildman–Crippen LogP) is 2.08. The summed E-state index contributed by atoms with van der Waals surface area (Å²) in [4.78, 5) is 32.7. The normalized spacial score (nSPS) is 10.3. The lowest BCUT2D eigenvalue weighted by atomic mass is 10.2. The molecule has 26 heavy (non-hydrogen) atoms. The number of nitrogens with one attached hydrogen (secondary N) is 2. The van der Waals surface area contributed by atoms with Crippen LogP contribution in [0.15, 0.2) is 30.3 Å². The molecular weight excluding hydrogens is 336 g/mol. The molecular formula is C18H22N4O4. The highest BCUT2D eigenvalue weighted by Gasteiger charge is 2.15.